The normalized spacial score (nSPS) is 21.4. The Labute approximate surface area is 137 Å². The molecule has 1 N–H and O–H groups in total. The van der Waals surface area contributed by atoms with Gasteiger partial charge in [-0.15, -0.1) is 0 Å². The standard InChI is InChI=1S/C16H24Cl2N2O/c1-3-19-15(16-11-20(4-2)7-8-21-16)10-12-5-6-13(17)14(18)9-12/h5-6,9,15-16,19H,3-4,7-8,10-11H2,1-2H3. The molecular weight excluding hydrogens is 307 g/mol. The molecule has 2 unspecified atom stereocenters. The van der Waals surface area contributed by atoms with E-state index < -0.39 is 0 Å². The molecule has 0 saturated carbocycles. The zero-order chi connectivity index (χ0) is 15.2. The molecule has 0 aliphatic carbocycles. The van der Waals surface area contributed by atoms with E-state index in [-0.39, 0.29) is 6.10 Å². The maximum absolute atomic E-state index is 6.11. The number of halogens is 2. The van der Waals surface area contributed by atoms with Crippen molar-refractivity contribution in [1.29, 1.82) is 0 Å². The summed E-state index contributed by atoms with van der Waals surface area (Å²) in [5.74, 6) is 0. The van der Waals surface area contributed by atoms with Crippen LogP contribution in [0.15, 0.2) is 18.2 Å². The Morgan fingerprint density at radius 3 is 2.81 bits per heavy atom. The second-order valence-electron chi connectivity index (χ2n) is 5.42. The Morgan fingerprint density at radius 1 is 1.33 bits per heavy atom. The van der Waals surface area contributed by atoms with Crippen molar-refractivity contribution in [1.82, 2.24) is 10.2 Å². The first-order valence-corrected chi connectivity index (χ1v) is 8.40. The lowest BCUT2D eigenvalue weighted by Gasteiger charge is -2.37. The van der Waals surface area contributed by atoms with Gasteiger partial charge in [-0.25, -0.2) is 0 Å². The number of morpholine rings is 1. The second-order valence-corrected chi connectivity index (χ2v) is 6.23. The van der Waals surface area contributed by atoms with E-state index in [9.17, 15) is 0 Å². The van der Waals surface area contributed by atoms with Crippen LogP contribution in [0.4, 0.5) is 0 Å². The minimum Gasteiger partial charge on any atom is -0.374 e. The molecule has 0 spiro atoms. The first kappa shape index (κ1) is 17.0. The van der Waals surface area contributed by atoms with Crippen molar-refractivity contribution in [3.8, 4) is 0 Å². The Morgan fingerprint density at radius 2 is 2.14 bits per heavy atom. The lowest BCUT2D eigenvalue weighted by Crippen LogP contribution is -2.53. The van der Waals surface area contributed by atoms with Crippen LogP contribution in [0.1, 0.15) is 19.4 Å². The maximum Gasteiger partial charge on any atom is 0.0858 e. The lowest BCUT2D eigenvalue weighted by molar-refractivity contribution is -0.0445. The van der Waals surface area contributed by atoms with E-state index in [1.807, 2.05) is 18.2 Å². The number of rotatable bonds is 6. The highest BCUT2D eigenvalue weighted by atomic mass is 35.5. The van der Waals surface area contributed by atoms with Gasteiger partial charge in [0.25, 0.3) is 0 Å². The van der Waals surface area contributed by atoms with Gasteiger partial charge in [0.15, 0.2) is 0 Å². The molecule has 0 amide bonds. The average molecular weight is 331 g/mol. The highest BCUT2D eigenvalue weighted by molar-refractivity contribution is 6.42. The van der Waals surface area contributed by atoms with Gasteiger partial charge in [-0.1, -0.05) is 43.1 Å². The van der Waals surface area contributed by atoms with Gasteiger partial charge in [-0.2, -0.15) is 0 Å². The summed E-state index contributed by atoms with van der Waals surface area (Å²) in [6.07, 6.45) is 1.11. The molecule has 0 bridgehead atoms. The minimum atomic E-state index is 0.216. The van der Waals surface area contributed by atoms with Gasteiger partial charge in [0.05, 0.1) is 22.8 Å². The van der Waals surface area contributed by atoms with E-state index in [0.717, 1.165) is 39.2 Å². The summed E-state index contributed by atoms with van der Waals surface area (Å²) in [5, 5.41) is 4.77. The van der Waals surface area contributed by atoms with Gasteiger partial charge in [-0.05, 0) is 37.2 Å². The fourth-order valence-electron chi connectivity index (χ4n) is 2.78. The predicted octanol–water partition coefficient (Wildman–Crippen LogP) is 3.23. The highest BCUT2D eigenvalue weighted by Crippen LogP contribution is 2.24. The molecule has 5 heteroatoms. The number of nitrogens with one attached hydrogen (secondary N) is 1. The predicted molar refractivity (Wildman–Crippen MR) is 89.5 cm³/mol. The van der Waals surface area contributed by atoms with Crippen LogP contribution in [0.25, 0.3) is 0 Å². The van der Waals surface area contributed by atoms with E-state index in [4.69, 9.17) is 27.9 Å². The summed E-state index contributed by atoms with van der Waals surface area (Å²) in [6, 6.07) is 6.15. The quantitative estimate of drug-likeness (QED) is 0.866. The van der Waals surface area contributed by atoms with Gasteiger partial charge >= 0.3 is 0 Å². The number of ether oxygens (including phenoxy) is 1. The third-order valence-corrected chi connectivity index (χ3v) is 4.72. The molecule has 0 aromatic heterocycles. The zero-order valence-electron chi connectivity index (χ0n) is 12.7. The van der Waals surface area contributed by atoms with Gasteiger partial charge in [0.1, 0.15) is 0 Å². The second kappa shape index (κ2) is 8.35. The molecule has 1 saturated heterocycles. The third-order valence-electron chi connectivity index (χ3n) is 3.98. The molecule has 0 radical (unpaired) electrons. The maximum atomic E-state index is 6.11. The number of likely N-dealkylation sites (N-methyl/N-ethyl adjacent to an activating group) is 2. The lowest BCUT2D eigenvalue weighted by atomic mass is 10.00. The van der Waals surface area contributed by atoms with Crippen molar-refractivity contribution in [2.75, 3.05) is 32.8 Å². The Balaban J connectivity index is 2.05. The van der Waals surface area contributed by atoms with Gasteiger partial charge < -0.3 is 10.1 Å². The number of benzene rings is 1. The molecular formula is C16H24Cl2N2O. The van der Waals surface area contributed by atoms with E-state index in [1.54, 1.807) is 0 Å². The SMILES string of the molecule is CCNC(Cc1ccc(Cl)c(Cl)c1)C1CN(CC)CCO1. The molecule has 3 nitrogen and oxygen atoms in total. The molecule has 1 heterocycles. The Hall–Kier alpha value is -0.320. The highest BCUT2D eigenvalue weighted by Gasteiger charge is 2.27. The summed E-state index contributed by atoms with van der Waals surface area (Å²) in [7, 11) is 0. The molecule has 1 aliphatic heterocycles. The summed E-state index contributed by atoms with van der Waals surface area (Å²) in [5.41, 5.74) is 1.19. The topological polar surface area (TPSA) is 24.5 Å². The van der Waals surface area contributed by atoms with E-state index in [1.165, 1.54) is 5.56 Å². The first-order valence-electron chi connectivity index (χ1n) is 7.65. The summed E-state index contributed by atoms with van der Waals surface area (Å²) >= 11 is 12.1. The largest absolute Gasteiger partial charge is 0.374 e. The molecule has 2 rings (SSSR count). The van der Waals surface area contributed by atoms with Crippen LogP contribution in [0.5, 0.6) is 0 Å². The van der Waals surface area contributed by atoms with E-state index in [0.29, 0.717) is 16.1 Å². The summed E-state index contributed by atoms with van der Waals surface area (Å²) in [4.78, 5) is 2.44. The molecule has 21 heavy (non-hydrogen) atoms. The van der Waals surface area contributed by atoms with Crippen LogP contribution in [-0.2, 0) is 11.2 Å². The van der Waals surface area contributed by atoms with Crippen LogP contribution in [-0.4, -0.2) is 49.8 Å². The molecule has 1 aromatic carbocycles. The van der Waals surface area contributed by atoms with Crippen LogP contribution in [0.3, 0.4) is 0 Å². The van der Waals surface area contributed by atoms with Crippen LogP contribution in [0.2, 0.25) is 10.0 Å². The number of hydrogen-bond donors (Lipinski definition) is 1. The smallest absolute Gasteiger partial charge is 0.0858 e. The fourth-order valence-corrected chi connectivity index (χ4v) is 3.10. The minimum absolute atomic E-state index is 0.216. The monoisotopic (exact) mass is 330 g/mol. The zero-order valence-corrected chi connectivity index (χ0v) is 14.3. The van der Waals surface area contributed by atoms with Crippen molar-refractivity contribution < 1.29 is 4.74 Å². The summed E-state index contributed by atoms with van der Waals surface area (Å²) in [6.45, 7) is 9.14. The fraction of sp³-hybridized carbons (Fsp3) is 0.625. The molecule has 1 aliphatic rings. The van der Waals surface area contributed by atoms with Gasteiger partial charge in [0.2, 0.25) is 0 Å². The van der Waals surface area contributed by atoms with Gasteiger partial charge in [-0.3, -0.25) is 4.90 Å². The van der Waals surface area contributed by atoms with Crippen molar-refractivity contribution in [2.45, 2.75) is 32.4 Å². The van der Waals surface area contributed by atoms with Crippen LogP contribution < -0.4 is 5.32 Å². The average Bonchev–Trinajstić information content (AvgIpc) is 2.50. The molecule has 1 aromatic rings. The molecule has 2 atom stereocenters. The first-order chi connectivity index (χ1) is 10.1. The Bertz CT molecular complexity index is 456. The van der Waals surface area contributed by atoms with Crippen molar-refractivity contribution in [3.63, 3.8) is 0 Å². The van der Waals surface area contributed by atoms with E-state index in [2.05, 4.69) is 24.1 Å². The Kier molecular flexibility index (Phi) is 6.77. The number of nitrogens with zero attached hydrogens (tertiary/aromatic N) is 1. The third kappa shape index (κ3) is 4.83. The van der Waals surface area contributed by atoms with Crippen molar-refractivity contribution in [3.05, 3.63) is 33.8 Å². The molecule has 1 fully saturated rings. The van der Waals surface area contributed by atoms with Crippen molar-refractivity contribution in [2.24, 2.45) is 0 Å². The van der Waals surface area contributed by atoms with Crippen LogP contribution >= 0.6 is 23.2 Å². The molecule has 118 valence electrons. The number of hydrogen-bond acceptors (Lipinski definition) is 3. The van der Waals surface area contributed by atoms with Gasteiger partial charge in [0, 0.05) is 19.1 Å². The van der Waals surface area contributed by atoms with Crippen molar-refractivity contribution >= 4 is 23.2 Å². The van der Waals surface area contributed by atoms with Crippen LogP contribution in [0, 0.1) is 0 Å². The summed E-state index contributed by atoms with van der Waals surface area (Å²) < 4.78 is 5.99. The van der Waals surface area contributed by atoms with E-state index >= 15 is 0 Å².